The molecule has 0 spiro atoms. The van der Waals surface area contributed by atoms with Gasteiger partial charge in [-0.1, -0.05) is 29.8 Å². The van der Waals surface area contributed by atoms with Gasteiger partial charge >= 0.3 is 0 Å². The summed E-state index contributed by atoms with van der Waals surface area (Å²) < 4.78 is 1.97. The molecule has 0 bridgehead atoms. The van der Waals surface area contributed by atoms with E-state index >= 15 is 0 Å². The van der Waals surface area contributed by atoms with Crippen LogP contribution in [-0.4, -0.2) is 34.2 Å². The Morgan fingerprint density at radius 1 is 1.15 bits per heavy atom. The van der Waals surface area contributed by atoms with Crippen LogP contribution in [0.25, 0.3) is 5.65 Å². The van der Waals surface area contributed by atoms with Gasteiger partial charge in [-0.3, -0.25) is 9.39 Å². The molecule has 8 heteroatoms. The molecule has 2 N–H and O–H groups in total. The Kier molecular flexibility index (Phi) is 6.21. The predicted octanol–water partition coefficient (Wildman–Crippen LogP) is 3.40. The molecule has 6 nitrogen and oxygen atoms in total. The van der Waals surface area contributed by atoms with E-state index in [1.807, 2.05) is 40.9 Å². The Morgan fingerprint density at radius 3 is 2.63 bits per heavy atom. The average molecular weight is 497 g/mol. The van der Waals surface area contributed by atoms with Gasteiger partial charge in [-0.25, -0.2) is 0 Å². The molecule has 3 aromatic rings. The summed E-state index contributed by atoms with van der Waals surface area (Å²) in [4.78, 5) is 4.32. The molecule has 4 rings (SSSR count). The van der Waals surface area contributed by atoms with Crippen molar-refractivity contribution in [3.8, 4) is 0 Å². The van der Waals surface area contributed by atoms with Crippen molar-refractivity contribution in [1.29, 1.82) is 0 Å². The van der Waals surface area contributed by atoms with E-state index in [9.17, 15) is 0 Å². The zero-order chi connectivity index (χ0) is 18.0. The summed E-state index contributed by atoms with van der Waals surface area (Å²) in [6.45, 7) is 1.40. The van der Waals surface area contributed by atoms with Crippen molar-refractivity contribution in [2.24, 2.45) is 4.99 Å². The number of aliphatic imine (C=N–C) groups is 1. The molecule has 1 aliphatic carbocycles. The lowest BCUT2D eigenvalue weighted by atomic mass is 9.96. The van der Waals surface area contributed by atoms with Gasteiger partial charge in [0.15, 0.2) is 17.4 Å². The van der Waals surface area contributed by atoms with Gasteiger partial charge in [0.1, 0.15) is 0 Å². The first-order valence-electron chi connectivity index (χ1n) is 8.69. The van der Waals surface area contributed by atoms with Gasteiger partial charge in [0.2, 0.25) is 0 Å². The number of nitrogens with zero attached hydrogens (tertiary/aromatic N) is 4. The summed E-state index contributed by atoms with van der Waals surface area (Å²) in [6.07, 6.45) is 4.31. The third-order valence-corrected chi connectivity index (χ3v) is 5.18. The molecule has 0 atom stereocenters. The van der Waals surface area contributed by atoms with Crippen LogP contribution in [0.15, 0.2) is 53.7 Å². The highest BCUT2D eigenvalue weighted by Crippen LogP contribution is 2.47. The van der Waals surface area contributed by atoms with E-state index in [0.29, 0.717) is 6.54 Å². The fourth-order valence-corrected chi connectivity index (χ4v) is 3.30. The molecule has 2 aromatic heterocycles. The van der Waals surface area contributed by atoms with Crippen LogP contribution in [0.1, 0.15) is 24.2 Å². The lowest BCUT2D eigenvalue weighted by molar-refractivity contribution is 0.642. The second-order valence-corrected chi connectivity index (χ2v) is 7.05. The maximum Gasteiger partial charge on any atom is 0.191 e. The number of guanidine groups is 1. The number of nitrogens with one attached hydrogen (secondary N) is 2. The second-order valence-electron chi connectivity index (χ2n) is 6.61. The molecule has 0 saturated heterocycles. The van der Waals surface area contributed by atoms with E-state index in [1.54, 1.807) is 7.05 Å². The molecule has 0 aliphatic heterocycles. The largest absolute Gasteiger partial charge is 0.356 e. The Bertz CT molecular complexity index is 933. The third-order valence-electron chi connectivity index (χ3n) is 4.93. The first kappa shape index (κ1) is 19.9. The molecule has 0 amide bonds. The smallest absolute Gasteiger partial charge is 0.191 e. The molecule has 2 heterocycles. The molecule has 142 valence electrons. The Balaban J connectivity index is 0.00000210. The van der Waals surface area contributed by atoms with Crippen LogP contribution in [0.5, 0.6) is 0 Å². The summed E-state index contributed by atoms with van der Waals surface area (Å²) in [7, 11) is 1.78. The molecule has 1 fully saturated rings. The SMILES string of the molecule is CN=C(NCc1nnc2ccccn12)NCC1(c2ccc(Cl)cc2)CC1.I. The minimum Gasteiger partial charge on any atom is -0.356 e. The van der Waals surface area contributed by atoms with Gasteiger partial charge in [-0.15, -0.1) is 34.2 Å². The normalized spacial score (nSPS) is 15.3. The standard InChI is InChI=1S/C19H21ClN6.HI/c1-21-18(22-12-17-25-24-16-4-2-3-11-26(16)17)23-13-19(9-10-19)14-5-7-15(20)8-6-14;/h2-8,11H,9-10,12-13H2,1H3,(H2,21,22,23);1H. The van der Waals surface area contributed by atoms with Crippen LogP contribution in [0.4, 0.5) is 0 Å². The van der Waals surface area contributed by atoms with Crippen LogP contribution in [0.2, 0.25) is 5.02 Å². The van der Waals surface area contributed by atoms with Crippen molar-refractivity contribution in [1.82, 2.24) is 25.2 Å². The third kappa shape index (κ3) is 4.35. The topological polar surface area (TPSA) is 66.6 Å². The number of pyridine rings is 1. The van der Waals surface area contributed by atoms with Gasteiger partial charge in [-0.05, 0) is 42.7 Å². The number of hydrogen-bond donors (Lipinski definition) is 2. The quantitative estimate of drug-likeness (QED) is 0.323. The molecular formula is C19H22ClIN6. The maximum absolute atomic E-state index is 6.01. The molecule has 1 saturated carbocycles. The van der Waals surface area contributed by atoms with E-state index in [4.69, 9.17) is 11.6 Å². The zero-order valence-electron chi connectivity index (χ0n) is 15.0. The monoisotopic (exact) mass is 496 g/mol. The molecule has 0 unspecified atom stereocenters. The minimum atomic E-state index is 0. The maximum atomic E-state index is 6.01. The number of aromatic nitrogens is 3. The lowest BCUT2D eigenvalue weighted by Gasteiger charge is -2.19. The van der Waals surface area contributed by atoms with E-state index in [0.717, 1.165) is 29.0 Å². The molecule has 1 aliphatic rings. The van der Waals surface area contributed by atoms with E-state index < -0.39 is 0 Å². The highest BCUT2D eigenvalue weighted by Gasteiger charge is 2.44. The first-order chi connectivity index (χ1) is 12.7. The number of halogens is 2. The number of fused-ring (bicyclic) bond motifs is 1. The van der Waals surface area contributed by atoms with Crippen LogP contribution < -0.4 is 10.6 Å². The molecule has 1 aromatic carbocycles. The second kappa shape index (κ2) is 8.43. The molecule has 0 radical (unpaired) electrons. The van der Waals surface area contributed by atoms with Crippen molar-refractivity contribution in [3.05, 3.63) is 65.1 Å². The summed E-state index contributed by atoms with van der Waals surface area (Å²) >= 11 is 6.01. The van der Waals surface area contributed by atoms with Crippen molar-refractivity contribution in [2.75, 3.05) is 13.6 Å². The van der Waals surface area contributed by atoms with Crippen LogP contribution in [0.3, 0.4) is 0 Å². The van der Waals surface area contributed by atoms with Crippen LogP contribution in [0, 0.1) is 0 Å². The van der Waals surface area contributed by atoms with Gasteiger partial charge in [0.05, 0.1) is 6.54 Å². The number of hydrogen-bond acceptors (Lipinski definition) is 3. The fourth-order valence-electron chi connectivity index (χ4n) is 3.17. The summed E-state index contributed by atoms with van der Waals surface area (Å²) in [5.41, 5.74) is 2.35. The van der Waals surface area contributed by atoms with Gasteiger partial charge in [0, 0.05) is 30.2 Å². The zero-order valence-corrected chi connectivity index (χ0v) is 18.1. The van der Waals surface area contributed by atoms with Gasteiger partial charge in [0.25, 0.3) is 0 Å². The highest BCUT2D eigenvalue weighted by molar-refractivity contribution is 14.0. The van der Waals surface area contributed by atoms with Crippen LogP contribution >= 0.6 is 35.6 Å². The van der Waals surface area contributed by atoms with Crippen LogP contribution in [-0.2, 0) is 12.0 Å². The summed E-state index contributed by atoms with van der Waals surface area (Å²) in [5, 5.41) is 15.9. The molecule has 27 heavy (non-hydrogen) atoms. The Labute approximate surface area is 180 Å². The Hall–Kier alpha value is -1.87. The average Bonchev–Trinajstić information content (AvgIpc) is 3.35. The minimum absolute atomic E-state index is 0. The Morgan fingerprint density at radius 2 is 1.93 bits per heavy atom. The van der Waals surface area contributed by atoms with Crippen molar-refractivity contribution >= 4 is 47.2 Å². The summed E-state index contributed by atoms with van der Waals surface area (Å²) in [6, 6.07) is 14.0. The lowest BCUT2D eigenvalue weighted by Crippen LogP contribution is -2.41. The van der Waals surface area contributed by atoms with Crippen molar-refractivity contribution < 1.29 is 0 Å². The first-order valence-corrected chi connectivity index (χ1v) is 9.07. The molecular weight excluding hydrogens is 475 g/mol. The van der Waals surface area contributed by atoms with E-state index in [2.05, 4.69) is 38.0 Å². The fraction of sp³-hybridized carbons (Fsp3) is 0.316. The van der Waals surface area contributed by atoms with Gasteiger partial charge < -0.3 is 10.6 Å². The van der Waals surface area contributed by atoms with Gasteiger partial charge in [-0.2, -0.15) is 0 Å². The number of benzene rings is 1. The van der Waals surface area contributed by atoms with Crippen molar-refractivity contribution in [2.45, 2.75) is 24.8 Å². The predicted molar refractivity (Wildman–Crippen MR) is 119 cm³/mol. The van der Waals surface area contributed by atoms with Crippen molar-refractivity contribution in [3.63, 3.8) is 0 Å². The van der Waals surface area contributed by atoms with E-state index in [1.165, 1.54) is 18.4 Å². The summed E-state index contributed by atoms with van der Waals surface area (Å²) in [5.74, 6) is 1.61. The number of rotatable bonds is 5. The highest BCUT2D eigenvalue weighted by atomic mass is 127. The van der Waals surface area contributed by atoms with E-state index in [-0.39, 0.29) is 29.4 Å².